The fourth-order valence-corrected chi connectivity index (χ4v) is 3.26. The monoisotopic (exact) mass is 388 g/mol. The number of carbonyl (C=O) groups excluding carboxylic acids is 2. The van der Waals surface area contributed by atoms with Gasteiger partial charge < -0.3 is 10.1 Å². The third-order valence-corrected chi connectivity index (χ3v) is 5.55. The van der Waals surface area contributed by atoms with Crippen LogP contribution >= 0.6 is 0 Å². The van der Waals surface area contributed by atoms with E-state index in [2.05, 4.69) is 10.0 Å². The highest BCUT2D eigenvalue weighted by molar-refractivity contribution is 7.89. The molecule has 0 aliphatic heterocycles. The molecule has 7 nitrogen and oxygen atoms in total. The van der Waals surface area contributed by atoms with Gasteiger partial charge in [0.2, 0.25) is 16.1 Å². The molecule has 0 unspecified atom stereocenters. The molecule has 27 heavy (non-hydrogen) atoms. The second-order valence-corrected chi connectivity index (χ2v) is 8.10. The molecule has 0 spiro atoms. The minimum atomic E-state index is -3.70. The molecule has 0 saturated heterocycles. The van der Waals surface area contributed by atoms with Crippen LogP contribution in [0.1, 0.15) is 34.9 Å². The van der Waals surface area contributed by atoms with Crippen LogP contribution in [0.15, 0.2) is 59.5 Å². The number of ether oxygens (including phenoxy) is 1. The van der Waals surface area contributed by atoms with Crippen molar-refractivity contribution in [2.24, 2.45) is 0 Å². The highest BCUT2D eigenvalue weighted by Crippen LogP contribution is 2.24. The molecule has 142 valence electrons. The van der Waals surface area contributed by atoms with Crippen molar-refractivity contribution in [1.82, 2.24) is 10.0 Å². The predicted octanol–water partition coefficient (Wildman–Crippen LogP) is 1.77. The molecule has 0 bridgehead atoms. The molecule has 0 aromatic heterocycles. The lowest BCUT2D eigenvalue weighted by Gasteiger charge is -2.18. The lowest BCUT2D eigenvalue weighted by Crippen LogP contribution is -2.33. The maximum Gasteiger partial charge on any atom is 0.339 e. The quantitative estimate of drug-likeness (QED) is 0.704. The highest BCUT2D eigenvalue weighted by atomic mass is 32.2. The fraction of sp³-hybridized carbons (Fsp3) is 0.263. The fourth-order valence-electron chi connectivity index (χ4n) is 2.49. The zero-order valence-electron chi connectivity index (χ0n) is 14.7. The van der Waals surface area contributed by atoms with Gasteiger partial charge in [0.1, 0.15) is 0 Å². The molecule has 0 radical (unpaired) electrons. The Hall–Kier alpha value is -2.71. The van der Waals surface area contributed by atoms with Crippen molar-refractivity contribution in [3.05, 3.63) is 65.7 Å². The van der Waals surface area contributed by atoms with Crippen LogP contribution in [0.3, 0.4) is 0 Å². The van der Waals surface area contributed by atoms with Crippen molar-refractivity contribution in [3.63, 3.8) is 0 Å². The molecule has 1 aliphatic carbocycles. The van der Waals surface area contributed by atoms with Gasteiger partial charge in [0.15, 0.2) is 0 Å². The standard InChI is InChI=1S/C19H20N2O5S/c1-20-27(24,25)16-9-5-8-14(12-16)19(23)26-17(13-6-3-2-4-7-13)18(22)21-15-10-11-15/h2-9,12,15,17,20H,10-11H2,1H3,(H,21,22)/t17-/m0/s1. The lowest BCUT2D eigenvalue weighted by atomic mass is 10.1. The van der Waals surface area contributed by atoms with Gasteiger partial charge in [-0.25, -0.2) is 17.9 Å². The first kappa shape index (κ1) is 19.1. The van der Waals surface area contributed by atoms with E-state index >= 15 is 0 Å². The Kier molecular flexibility index (Phi) is 5.57. The number of benzene rings is 2. The van der Waals surface area contributed by atoms with Gasteiger partial charge in [-0.1, -0.05) is 36.4 Å². The molecule has 2 N–H and O–H groups in total. The average molecular weight is 388 g/mol. The first-order chi connectivity index (χ1) is 12.9. The summed E-state index contributed by atoms with van der Waals surface area (Å²) in [4.78, 5) is 25.1. The summed E-state index contributed by atoms with van der Waals surface area (Å²) < 4.78 is 31.5. The van der Waals surface area contributed by atoms with Crippen molar-refractivity contribution in [3.8, 4) is 0 Å². The summed E-state index contributed by atoms with van der Waals surface area (Å²) in [5.74, 6) is -1.17. The molecule has 1 atom stereocenters. The summed E-state index contributed by atoms with van der Waals surface area (Å²) in [5.41, 5.74) is 0.592. The molecule has 1 saturated carbocycles. The third kappa shape index (κ3) is 4.72. The van der Waals surface area contributed by atoms with Crippen molar-refractivity contribution in [2.45, 2.75) is 29.9 Å². The van der Waals surface area contributed by atoms with Crippen LogP contribution in [-0.2, 0) is 19.6 Å². The van der Waals surface area contributed by atoms with Gasteiger partial charge in [-0.05, 0) is 38.1 Å². The van der Waals surface area contributed by atoms with Crippen LogP contribution in [0.5, 0.6) is 0 Å². The van der Waals surface area contributed by atoms with Gasteiger partial charge in [-0.15, -0.1) is 0 Å². The normalized spacial score (nSPS) is 15.0. The Morgan fingerprint density at radius 1 is 1.07 bits per heavy atom. The maximum atomic E-state index is 12.6. The van der Waals surface area contributed by atoms with Crippen LogP contribution in [0.2, 0.25) is 0 Å². The zero-order valence-corrected chi connectivity index (χ0v) is 15.5. The molecular formula is C19H20N2O5S. The topological polar surface area (TPSA) is 102 Å². The van der Waals surface area contributed by atoms with E-state index in [1.165, 1.54) is 31.3 Å². The summed E-state index contributed by atoms with van der Waals surface area (Å²) in [5, 5.41) is 2.83. The number of nitrogens with one attached hydrogen (secondary N) is 2. The summed E-state index contributed by atoms with van der Waals surface area (Å²) >= 11 is 0. The van der Waals surface area contributed by atoms with E-state index in [4.69, 9.17) is 4.74 Å². The molecule has 2 aromatic rings. The van der Waals surface area contributed by atoms with E-state index in [1.807, 2.05) is 0 Å². The van der Waals surface area contributed by atoms with Crippen molar-refractivity contribution in [2.75, 3.05) is 7.05 Å². The van der Waals surface area contributed by atoms with E-state index in [-0.39, 0.29) is 16.5 Å². The summed E-state index contributed by atoms with van der Waals surface area (Å²) in [6.45, 7) is 0. The van der Waals surface area contributed by atoms with E-state index in [0.717, 1.165) is 12.8 Å². The summed E-state index contributed by atoms with van der Waals surface area (Å²) in [6.07, 6.45) is 0.708. The minimum Gasteiger partial charge on any atom is -0.444 e. The Morgan fingerprint density at radius 2 is 1.78 bits per heavy atom. The van der Waals surface area contributed by atoms with E-state index < -0.39 is 28.0 Å². The molecule has 1 amide bonds. The SMILES string of the molecule is CNS(=O)(=O)c1cccc(C(=O)O[C@H](C(=O)NC2CC2)c2ccccc2)c1. The van der Waals surface area contributed by atoms with E-state index in [1.54, 1.807) is 30.3 Å². The third-order valence-electron chi connectivity index (χ3n) is 4.14. The van der Waals surface area contributed by atoms with E-state index in [9.17, 15) is 18.0 Å². The zero-order chi connectivity index (χ0) is 19.4. The first-order valence-corrected chi connectivity index (χ1v) is 9.99. The van der Waals surface area contributed by atoms with Crippen LogP contribution in [0.4, 0.5) is 0 Å². The van der Waals surface area contributed by atoms with Crippen LogP contribution < -0.4 is 10.0 Å². The Morgan fingerprint density at radius 3 is 2.41 bits per heavy atom. The second-order valence-electron chi connectivity index (χ2n) is 6.21. The molecular weight excluding hydrogens is 368 g/mol. The first-order valence-electron chi connectivity index (χ1n) is 8.50. The number of hydrogen-bond donors (Lipinski definition) is 2. The molecule has 1 fully saturated rings. The number of hydrogen-bond acceptors (Lipinski definition) is 5. The Bertz CT molecular complexity index is 940. The van der Waals surface area contributed by atoms with Gasteiger partial charge >= 0.3 is 5.97 Å². The van der Waals surface area contributed by atoms with Crippen molar-refractivity contribution < 1.29 is 22.7 Å². The number of amides is 1. The van der Waals surface area contributed by atoms with Gasteiger partial charge in [0.25, 0.3) is 5.91 Å². The number of esters is 1. The minimum absolute atomic E-state index is 0.0477. The van der Waals surface area contributed by atoms with Gasteiger partial charge in [-0.2, -0.15) is 0 Å². The molecule has 1 aliphatic rings. The van der Waals surface area contributed by atoms with Crippen LogP contribution in [0.25, 0.3) is 0 Å². The number of rotatable bonds is 7. The van der Waals surface area contributed by atoms with Crippen LogP contribution in [-0.4, -0.2) is 33.4 Å². The summed E-state index contributed by atoms with van der Waals surface area (Å²) in [6, 6.07) is 14.3. The lowest BCUT2D eigenvalue weighted by molar-refractivity contribution is -0.130. The highest BCUT2D eigenvalue weighted by Gasteiger charge is 2.31. The molecule has 0 heterocycles. The van der Waals surface area contributed by atoms with Crippen molar-refractivity contribution in [1.29, 1.82) is 0 Å². The maximum absolute atomic E-state index is 12.6. The van der Waals surface area contributed by atoms with Crippen LogP contribution in [0, 0.1) is 0 Å². The largest absolute Gasteiger partial charge is 0.444 e. The molecule has 8 heteroatoms. The Labute approximate surface area is 157 Å². The van der Waals surface area contributed by atoms with Gasteiger partial charge in [0, 0.05) is 11.6 Å². The summed E-state index contributed by atoms with van der Waals surface area (Å²) in [7, 11) is -2.41. The number of sulfonamides is 1. The van der Waals surface area contributed by atoms with E-state index in [0.29, 0.717) is 5.56 Å². The second kappa shape index (κ2) is 7.89. The average Bonchev–Trinajstić information content (AvgIpc) is 3.50. The predicted molar refractivity (Wildman–Crippen MR) is 98.5 cm³/mol. The van der Waals surface area contributed by atoms with Gasteiger partial charge in [0.05, 0.1) is 10.5 Å². The smallest absolute Gasteiger partial charge is 0.339 e. The Balaban J connectivity index is 1.84. The molecule has 2 aromatic carbocycles. The number of carbonyl (C=O) groups is 2. The van der Waals surface area contributed by atoms with Gasteiger partial charge in [-0.3, -0.25) is 4.79 Å². The van der Waals surface area contributed by atoms with Crippen molar-refractivity contribution >= 4 is 21.9 Å². The molecule has 3 rings (SSSR count).